The number of allylic oxidation sites excluding steroid dienone is 16. The molecule has 0 aromatic carbocycles. The molecule has 0 spiro atoms. The van der Waals surface area contributed by atoms with Crippen molar-refractivity contribution in [1.29, 1.82) is 0 Å². The largest absolute Gasteiger partial charge is 0.462 e. The first-order valence-corrected chi connectivity index (χ1v) is 29.2. The van der Waals surface area contributed by atoms with Gasteiger partial charge in [-0.2, -0.15) is 0 Å². The van der Waals surface area contributed by atoms with Crippen LogP contribution in [0.5, 0.6) is 0 Å². The van der Waals surface area contributed by atoms with Crippen molar-refractivity contribution < 1.29 is 28.6 Å². The third-order valence-electron chi connectivity index (χ3n) is 12.3. The number of carbonyl (C=O) groups excluding carboxylic acids is 3. The molecule has 0 saturated carbocycles. The Balaban J connectivity index is 4.12. The molecule has 1 unspecified atom stereocenters. The molecule has 0 bridgehead atoms. The van der Waals surface area contributed by atoms with Crippen LogP contribution in [0, 0.1) is 0 Å². The van der Waals surface area contributed by atoms with Gasteiger partial charge in [0, 0.05) is 19.3 Å². The lowest BCUT2D eigenvalue weighted by atomic mass is 10.1. The van der Waals surface area contributed by atoms with Crippen LogP contribution in [0.4, 0.5) is 0 Å². The van der Waals surface area contributed by atoms with Crippen LogP contribution in [0.25, 0.3) is 0 Å². The average molecular weight is 974 g/mol. The van der Waals surface area contributed by atoms with Crippen LogP contribution in [0.1, 0.15) is 271 Å². The van der Waals surface area contributed by atoms with E-state index >= 15 is 0 Å². The highest BCUT2D eigenvalue weighted by Crippen LogP contribution is 2.15. The summed E-state index contributed by atoms with van der Waals surface area (Å²) in [7, 11) is 0. The first-order valence-electron chi connectivity index (χ1n) is 29.2. The lowest BCUT2D eigenvalue weighted by Crippen LogP contribution is -2.30. The number of unbranched alkanes of at least 4 members (excludes halogenated alkanes) is 25. The van der Waals surface area contributed by atoms with E-state index in [1.807, 2.05) is 0 Å². The van der Waals surface area contributed by atoms with Gasteiger partial charge in [0.05, 0.1) is 0 Å². The number of carbonyl (C=O) groups is 3. The molecule has 0 amide bonds. The predicted octanol–water partition coefficient (Wildman–Crippen LogP) is 19.7. The number of hydrogen-bond donors (Lipinski definition) is 0. The summed E-state index contributed by atoms with van der Waals surface area (Å²) in [6.45, 7) is 6.43. The Morgan fingerprint density at radius 1 is 0.300 bits per heavy atom. The minimum atomic E-state index is -0.781. The van der Waals surface area contributed by atoms with Crippen LogP contribution >= 0.6 is 0 Å². The smallest absolute Gasteiger partial charge is 0.306 e. The lowest BCUT2D eigenvalue weighted by Gasteiger charge is -2.18. The summed E-state index contributed by atoms with van der Waals surface area (Å²) in [6, 6.07) is 0. The third-order valence-corrected chi connectivity index (χ3v) is 12.3. The van der Waals surface area contributed by atoms with E-state index in [9.17, 15) is 14.4 Å². The molecule has 0 aliphatic rings. The van der Waals surface area contributed by atoms with Crippen LogP contribution in [0.3, 0.4) is 0 Å². The van der Waals surface area contributed by atoms with Crippen molar-refractivity contribution in [1.82, 2.24) is 0 Å². The lowest BCUT2D eigenvalue weighted by molar-refractivity contribution is -0.167. The van der Waals surface area contributed by atoms with Gasteiger partial charge in [-0.05, 0) is 103 Å². The second-order valence-electron chi connectivity index (χ2n) is 19.2. The molecule has 0 aromatic heterocycles. The third kappa shape index (κ3) is 55.3. The zero-order valence-electron chi connectivity index (χ0n) is 45.8. The van der Waals surface area contributed by atoms with E-state index in [-0.39, 0.29) is 31.1 Å². The van der Waals surface area contributed by atoms with Crippen LogP contribution < -0.4 is 0 Å². The van der Waals surface area contributed by atoms with E-state index in [2.05, 4.69) is 118 Å². The molecule has 0 radical (unpaired) electrons. The molecule has 0 heterocycles. The fraction of sp³-hybridized carbons (Fsp3) is 0.703. The molecule has 70 heavy (non-hydrogen) atoms. The number of rotatable bonds is 52. The van der Waals surface area contributed by atoms with Gasteiger partial charge in [0.25, 0.3) is 0 Å². The molecular weight excluding hydrogens is 865 g/mol. The standard InChI is InChI=1S/C64H108O6/c1-4-7-10-13-15-17-19-21-23-25-27-28-29-30-31-32-33-34-35-36-37-39-40-42-44-46-48-51-54-57-63(66)69-60-61(59-68-62(65)56-53-50-12-9-6-3)70-64(67)58-55-52-49-47-45-43-41-38-26-24-22-20-18-16-14-11-8-5-2/h7,10,15,17,21,23-24,26-28,30-31,33-34,36-37,61H,4-6,8-9,11-14,16,18-20,22,25,29,32,35,38-60H2,1-3H3/b10-7-,17-15-,23-21-,26-24-,28-27-,31-30-,34-33-,37-36-. The van der Waals surface area contributed by atoms with E-state index < -0.39 is 6.10 Å². The molecule has 0 fully saturated rings. The van der Waals surface area contributed by atoms with Crippen LogP contribution in [-0.2, 0) is 28.6 Å². The van der Waals surface area contributed by atoms with E-state index in [0.29, 0.717) is 19.3 Å². The summed E-state index contributed by atoms with van der Waals surface area (Å²) in [6.07, 6.45) is 77.3. The van der Waals surface area contributed by atoms with Crippen molar-refractivity contribution in [3.63, 3.8) is 0 Å². The van der Waals surface area contributed by atoms with Gasteiger partial charge in [0.1, 0.15) is 13.2 Å². The first kappa shape index (κ1) is 66.3. The molecule has 6 heteroatoms. The zero-order valence-corrected chi connectivity index (χ0v) is 45.8. The molecule has 1 atom stereocenters. The Kier molecular flexibility index (Phi) is 54.9. The minimum Gasteiger partial charge on any atom is -0.462 e. The molecule has 6 nitrogen and oxygen atoms in total. The quantitative estimate of drug-likeness (QED) is 0.0262. The van der Waals surface area contributed by atoms with E-state index in [0.717, 1.165) is 116 Å². The van der Waals surface area contributed by atoms with Crippen molar-refractivity contribution in [2.45, 2.75) is 277 Å². The molecule has 0 aliphatic heterocycles. The van der Waals surface area contributed by atoms with Gasteiger partial charge < -0.3 is 14.2 Å². The molecule has 0 saturated heterocycles. The van der Waals surface area contributed by atoms with Crippen molar-refractivity contribution in [3.8, 4) is 0 Å². The Morgan fingerprint density at radius 2 is 0.557 bits per heavy atom. The maximum atomic E-state index is 12.8. The van der Waals surface area contributed by atoms with E-state index in [1.54, 1.807) is 0 Å². The highest BCUT2D eigenvalue weighted by molar-refractivity contribution is 5.71. The van der Waals surface area contributed by atoms with Gasteiger partial charge in [0.15, 0.2) is 6.10 Å². The topological polar surface area (TPSA) is 78.9 Å². The summed E-state index contributed by atoms with van der Waals surface area (Å²) in [5, 5.41) is 0. The van der Waals surface area contributed by atoms with Crippen LogP contribution in [-0.4, -0.2) is 37.2 Å². The van der Waals surface area contributed by atoms with Crippen molar-refractivity contribution in [2.75, 3.05) is 13.2 Å². The van der Waals surface area contributed by atoms with Gasteiger partial charge in [-0.15, -0.1) is 0 Å². The van der Waals surface area contributed by atoms with Gasteiger partial charge in [-0.1, -0.05) is 246 Å². The molecule has 400 valence electrons. The fourth-order valence-corrected chi connectivity index (χ4v) is 7.95. The Morgan fingerprint density at radius 3 is 0.886 bits per heavy atom. The fourth-order valence-electron chi connectivity index (χ4n) is 7.95. The van der Waals surface area contributed by atoms with Crippen molar-refractivity contribution in [2.24, 2.45) is 0 Å². The Labute approximate surface area is 432 Å². The molecular formula is C64H108O6. The van der Waals surface area contributed by atoms with Crippen LogP contribution in [0.15, 0.2) is 97.2 Å². The summed E-state index contributed by atoms with van der Waals surface area (Å²) in [5.74, 6) is -0.910. The predicted molar refractivity (Wildman–Crippen MR) is 302 cm³/mol. The van der Waals surface area contributed by atoms with Crippen LogP contribution in [0.2, 0.25) is 0 Å². The average Bonchev–Trinajstić information content (AvgIpc) is 3.36. The van der Waals surface area contributed by atoms with Gasteiger partial charge in [0.2, 0.25) is 0 Å². The summed E-state index contributed by atoms with van der Waals surface area (Å²) < 4.78 is 16.7. The summed E-state index contributed by atoms with van der Waals surface area (Å²) in [4.78, 5) is 37.8. The Hall–Kier alpha value is -3.67. The monoisotopic (exact) mass is 973 g/mol. The van der Waals surface area contributed by atoms with Gasteiger partial charge in [-0.3, -0.25) is 14.4 Å². The second kappa shape index (κ2) is 57.9. The minimum absolute atomic E-state index is 0.0829. The molecule has 0 aliphatic carbocycles. The molecule has 0 aromatic rings. The van der Waals surface area contributed by atoms with Gasteiger partial charge >= 0.3 is 17.9 Å². The van der Waals surface area contributed by atoms with Gasteiger partial charge in [-0.25, -0.2) is 0 Å². The second-order valence-corrected chi connectivity index (χ2v) is 19.2. The van der Waals surface area contributed by atoms with E-state index in [4.69, 9.17) is 14.2 Å². The number of hydrogen-bond acceptors (Lipinski definition) is 6. The Bertz CT molecular complexity index is 1400. The highest BCUT2D eigenvalue weighted by atomic mass is 16.6. The molecule has 0 rings (SSSR count). The van der Waals surface area contributed by atoms with E-state index in [1.165, 1.54) is 116 Å². The number of ether oxygens (including phenoxy) is 3. The maximum Gasteiger partial charge on any atom is 0.306 e. The maximum absolute atomic E-state index is 12.8. The normalized spacial score (nSPS) is 12.8. The number of esters is 3. The summed E-state index contributed by atoms with van der Waals surface area (Å²) in [5.41, 5.74) is 0. The zero-order chi connectivity index (χ0) is 50.7. The van der Waals surface area contributed by atoms with Crippen molar-refractivity contribution >= 4 is 17.9 Å². The SMILES string of the molecule is CC/C=C\C/C=C\C/C=C\C/C=C\C/C=C\C/C=C\C/C=C\CCCCCCCCCC(=O)OCC(COC(=O)CCCCCCC)OC(=O)CCCCCCCCC/C=C\CCCCCCCCC. The van der Waals surface area contributed by atoms with Crippen molar-refractivity contribution in [3.05, 3.63) is 97.2 Å². The summed E-state index contributed by atoms with van der Waals surface area (Å²) >= 11 is 0. The molecule has 0 N–H and O–H groups in total. The highest BCUT2D eigenvalue weighted by Gasteiger charge is 2.19. The first-order chi connectivity index (χ1) is 34.5.